The number of carbonyl (C=O) groups is 1. The highest BCUT2D eigenvalue weighted by Gasteiger charge is 2.13. The fraction of sp³-hybridized carbons (Fsp3) is 0.389. The summed E-state index contributed by atoms with van der Waals surface area (Å²) < 4.78 is 0. The number of hydrogen-bond donors (Lipinski definition) is 3. The van der Waals surface area contributed by atoms with Crippen LogP contribution in [0.25, 0.3) is 0 Å². The first-order chi connectivity index (χ1) is 13.0. The van der Waals surface area contributed by atoms with Crippen molar-refractivity contribution in [3.05, 3.63) is 35.5 Å². The first-order valence-corrected chi connectivity index (χ1v) is 8.74. The lowest BCUT2D eigenvalue weighted by molar-refractivity contribution is -0.215. The lowest BCUT2D eigenvalue weighted by atomic mass is 10.1. The van der Waals surface area contributed by atoms with Crippen LogP contribution in [0.4, 0.5) is 22.2 Å². The number of benzene rings is 1. The molecule has 27 heavy (non-hydrogen) atoms. The van der Waals surface area contributed by atoms with Gasteiger partial charge in [-0.05, 0) is 39.2 Å². The zero-order valence-corrected chi connectivity index (χ0v) is 15.7. The molecule has 144 valence electrons. The van der Waals surface area contributed by atoms with Crippen LogP contribution in [0.5, 0.6) is 5.75 Å². The number of hydrogen-bond acceptors (Lipinski definition) is 7. The average molecular weight is 372 g/mol. The third-order valence-electron chi connectivity index (χ3n) is 3.87. The first kappa shape index (κ1) is 18.9. The van der Waals surface area contributed by atoms with E-state index in [0.29, 0.717) is 23.9 Å². The molecule has 0 saturated heterocycles. The highest BCUT2D eigenvalue weighted by Crippen LogP contribution is 2.26. The molecule has 1 aromatic carbocycles. The van der Waals surface area contributed by atoms with E-state index in [1.165, 1.54) is 0 Å². The Kier molecular flexibility index (Phi) is 6.05. The molecular formula is C18H24N6O3. The van der Waals surface area contributed by atoms with Crippen LogP contribution in [0.1, 0.15) is 11.3 Å². The number of likely N-dealkylation sites (N-methyl/N-ethyl adjacent to an activating group) is 1. The van der Waals surface area contributed by atoms with Gasteiger partial charge in [-0.3, -0.25) is 5.32 Å². The Balaban J connectivity index is 1.61. The number of fused-ring (bicyclic) bond motifs is 1. The third-order valence-corrected chi connectivity index (χ3v) is 3.87. The van der Waals surface area contributed by atoms with Crippen molar-refractivity contribution < 1.29 is 14.6 Å². The van der Waals surface area contributed by atoms with Crippen molar-refractivity contribution in [3.63, 3.8) is 0 Å². The summed E-state index contributed by atoms with van der Waals surface area (Å²) in [6, 6.07) is 6.80. The number of rotatable bonds is 6. The van der Waals surface area contributed by atoms with Gasteiger partial charge in [0.1, 0.15) is 5.82 Å². The molecule has 0 bridgehead atoms. The predicted octanol–water partition coefficient (Wildman–Crippen LogP) is 2.27. The number of aryl methyl sites for hydroxylation is 1. The van der Waals surface area contributed by atoms with Crippen LogP contribution >= 0.6 is 0 Å². The van der Waals surface area contributed by atoms with Gasteiger partial charge in [0, 0.05) is 42.5 Å². The summed E-state index contributed by atoms with van der Waals surface area (Å²) in [4.78, 5) is 33.0. The lowest BCUT2D eigenvalue weighted by Crippen LogP contribution is -2.23. The minimum atomic E-state index is -0.409. The van der Waals surface area contributed by atoms with Crippen molar-refractivity contribution in [2.75, 3.05) is 49.7 Å². The van der Waals surface area contributed by atoms with E-state index < -0.39 is 6.03 Å². The predicted molar refractivity (Wildman–Crippen MR) is 103 cm³/mol. The molecule has 0 radical (unpaired) electrons. The number of nitrogens with one attached hydrogen (secondary N) is 3. The molecule has 9 nitrogen and oxygen atoms in total. The summed E-state index contributed by atoms with van der Waals surface area (Å²) in [5.41, 5.74) is 2.41. The molecular weight excluding hydrogens is 348 g/mol. The molecule has 1 aromatic heterocycles. The van der Waals surface area contributed by atoms with Gasteiger partial charge in [0.05, 0.1) is 6.61 Å². The van der Waals surface area contributed by atoms with Gasteiger partial charge in [-0.1, -0.05) is 0 Å². The van der Waals surface area contributed by atoms with Crippen LogP contribution < -0.4 is 20.8 Å². The van der Waals surface area contributed by atoms with E-state index in [1.807, 2.05) is 33.2 Å². The fourth-order valence-corrected chi connectivity index (χ4v) is 2.58. The van der Waals surface area contributed by atoms with Gasteiger partial charge < -0.3 is 20.4 Å². The van der Waals surface area contributed by atoms with Crippen LogP contribution in [-0.2, 0) is 11.3 Å². The number of urea groups is 1. The van der Waals surface area contributed by atoms with Gasteiger partial charge in [-0.25, -0.2) is 9.78 Å². The van der Waals surface area contributed by atoms with Crippen LogP contribution in [0.2, 0.25) is 0 Å². The van der Waals surface area contributed by atoms with Gasteiger partial charge in [0.15, 0.2) is 5.75 Å². The quantitative estimate of drug-likeness (QED) is 0.669. The first-order valence-electron chi connectivity index (χ1n) is 8.74. The smallest absolute Gasteiger partial charge is 0.326 e. The molecule has 3 rings (SSSR count). The zero-order valence-electron chi connectivity index (χ0n) is 15.7. The molecule has 2 aromatic rings. The van der Waals surface area contributed by atoms with Crippen molar-refractivity contribution in [2.24, 2.45) is 0 Å². The van der Waals surface area contributed by atoms with E-state index in [2.05, 4.69) is 30.8 Å². The van der Waals surface area contributed by atoms with Crippen LogP contribution in [-0.4, -0.2) is 54.7 Å². The van der Waals surface area contributed by atoms with E-state index in [4.69, 9.17) is 9.78 Å². The van der Waals surface area contributed by atoms with Crippen molar-refractivity contribution in [1.29, 1.82) is 0 Å². The molecule has 3 N–H and O–H groups in total. The molecule has 2 heterocycles. The lowest BCUT2D eigenvalue weighted by Gasteiger charge is -2.16. The summed E-state index contributed by atoms with van der Waals surface area (Å²) in [5, 5.41) is 8.68. The topological polar surface area (TPSA) is 101 Å². The molecule has 1 aliphatic heterocycles. The minimum Gasteiger partial charge on any atom is -0.369 e. The Morgan fingerprint density at radius 1 is 1.22 bits per heavy atom. The fourth-order valence-electron chi connectivity index (χ4n) is 2.58. The van der Waals surface area contributed by atoms with Crippen molar-refractivity contribution in [2.45, 2.75) is 13.3 Å². The van der Waals surface area contributed by atoms with E-state index in [1.54, 1.807) is 12.1 Å². The Morgan fingerprint density at radius 2 is 2.07 bits per heavy atom. The van der Waals surface area contributed by atoms with E-state index in [0.717, 1.165) is 30.8 Å². The van der Waals surface area contributed by atoms with E-state index in [9.17, 15) is 4.79 Å². The van der Waals surface area contributed by atoms with Crippen molar-refractivity contribution in [3.8, 4) is 5.75 Å². The van der Waals surface area contributed by atoms with Gasteiger partial charge >= 0.3 is 6.03 Å². The minimum absolute atomic E-state index is 0.245. The molecule has 0 atom stereocenters. The number of aromatic nitrogens is 2. The average Bonchev–Trinajstić information content (AvgIpc) is 2.60. The van der Waals surface area contributed by atoms with E-state index in [-0.39, 0.29) is 5.95 Å². The molecule has 0 aliphatic carbocycles. The van der Waals surface area contributed by atoms with E-state index >= 15 is 0 Å². The summed E-state index contributed by atoms with van der Waals surface area (Å²) in [6.07, 6.45) is 0.732. The molecule has 9 heteroatoms. The summed E-state index contributed by atoms with van der Waals surface area (Å²) in [7, 11) is 4.01. The number of carbonyl (C=O) groups excluding carboxylic acids is 1. The Morgan fingerprint density at radius 3 is 2.89 bits per heavy atom. The molecule has 0 spiro atoms. The summed E-state index contributed by atoms with van der Waals surface area (Å²) >= 11 is 0. The van der Waals surface area contributed by atoms with Crippen LogP contribution in [0.15, 0.2) is 24.3 Å². The SMILES string of the molecule is Cc1cc(NCCN(C)C)nc(NC(=O)Nc2ccc3c(c2)CCOO3)n1. The maximum atomic E-state index is 12.3. The second-order valence-electron chi connectivity index (χ2n) is 6.51. The van der Waals surface area contributed by atoms with Gasteiger partial charge in [0.2, 0.25) is 5.95 Å². The summed E-state index contributed by atoms with van der Waals surface area (Å²) in [6.45, 7) is 3.96. The van der Waals surface area contributed by atoms with Crippen LogP contribution in [0.3, 0.4) is 0 Å². The Bertz CT molecular complexity index is 812. The number of anilines is 3. The Labute approximate surface area is 158 Å². The number of amides is 2. The van der Waals surface area contributed by atoms with Crippen molar-refractivity contribution in [1.82, 2.24) is 14.9 Å². The standard InChI is InChI=1S/C18H24N6O3/c1-12-10-16(19-7-8-24(2)3)22-17(20-12)23-18(25)21-14-4-5-15-13(11-14)6-9-26-27-15/h4-5,10-11H,6-9H2,1-3H3,(H3,19,20,21,22,23,25). The van der Waals surface area contributed by atoms with Crippen molar-refractivity contribution >= 4 is 23.5 Å². The van der Waals surface area contributed by atoms with Gasteiger partial charge in [-0.2, -0.15) is 9.87 Å². The maximum absolute atomic E-state index is 12.3. The maximum Gasteiger partial charge on any atom is 0.326 e. The van der Waals surface area contributed by atoms with Gasteiger partial charge in [-0.15, -0.1) is 0 Å². The molecule has 0 unspecified atom stereocenters. The Hall–Kier alpha value is -2.91. The monoisotopic (exact) mass is 372 g/mol. The van der Waals surface area contributed by atoms with Gasteiger partial charge in [0.25, 0.3) is 0 Å². The third kappa shape index (κ3) is 5.53. The largest absolute Gasteiger partial charge is 0.369 e. The summed E-state index contributed by atoms with van der Waals surface area (Å²) in [5.74, 6) is 1.59. The second kappa shape index (κ2) is 8.65. The highest BCUT2D eigenvalue weighted by molar-refractivity contribution is 5.98. The molecule has 0 fully saturated rings. The zero-order chi connectivity index (χ0) is 19.2. The van der Waals surface area contributed by atoms with Crippen LogP contribution in [0, 0.1) is 6.92 Å². The highest BCUT2D eigenvalue weighted by atomic mass is 17.2. The number of nitrogens with zero attached hydrogens (tertiary/aromatic N) is 3. The normalized spacial score (nSPS) is 12.9. The second-order valence-corrected chi connectivity index (χ2v) is 6.51. The molecule has 1 aliphatic rings. The molecule has 2 amide bonds. The molecule has 0 saturated carbocycles.